The molecule has 0 bridgehead atoms. The second-order valence-electron chi connectivity index (χ2n) is 4.43. The molecule has 0 spiro atoms. The maximum absolute atomic E-state index is 11.8. The molecule has 0 atom stereocenters. The lowest BCUT2D eigenvalue weighted by Crippen LogP contribution is -2.22. The molecule has 1 saturated carbocycles. The summed E-state index contributed by atoms with van der Waals surface area (Å²) < 4.78 is 15.8. The van der Waals surface area contributed by atoms with Crippen LogP contribution in [-0.2, 0) is 14.9 Å². The highest BCUT2D eigenvalue weighted by molar-refractivity contribution is 5.86. The fourth-order valence-electron chi connectivity index (χ4n) is 2.27. The first-order valence-electron chi connectivity index (χ1n) is 5.75. The third kappa shape index (κ3) is 1.55. The summed E-state index contributed by atoms with van der Waals surface area (Å²) in [4.78, 5) is 11.8. The van der Waals surface area contributed by atoms with Crippen LogP contribution < -0.4 is 9.47 Å². The highest BCUT2D eigenvalue weighted by Gasteiger charge is 2.52. The minimum Gasteiger partial charge on any atom is -0.486 e. The van der Waals surface area contributed by atoms with Gasteiger partial charge in [-0.05, 0) is 30.5 Å². The topological polar surface area (TPSA) is 44.8 Å². The minimum absolute atomic E-state index is 0.158. The Kier molecular flexibility index (Phi) is 2.24. The summed E-state index contributed by atoms with van der Waals surface area (Å²) in [6.07, 6.45) is 1.69. The van der Waals surface area contributed by atoms with Gasteiger partial charge in [0.15, 0.2) is 11.5 Å². The molecule has 90 valence electrons. The summed E-state index contributed by atoms with van der Waals surface area (Å²) in [6.45, 7) is 1.14. The van der Waals surface area contributed by atoms with Crippen molar-refractivity contribution in [2.45, 2.75) is 18.3 Å². The molecule has 0 saturated heterocycles. The monoisotopic (exact) mass is 234 g/mol. The Balaban J connectivity index is 1.96. The second kappa shape index (κ2) is 3.65. The molecule has 1 aromatic carbocycles. The van der Waals surface area contributed by atoms with Crippen molar-refractivity contribution in [2.75, 3.05) is 20.3 Å². The lowest BCUT2D eigenvalue weighted by atomic mass is 9.95. The maximum atomic E-state index is 11.8. The van der Waals surface area contributed by atoms with Crippen LogP contribution in [0.1, 0.15) is 18.4 Å². The summed E-state index contributed by atoms with van der Waals surface area (Å²) in [5.41, 5.74) is 0.526. The van der Waals surface area contributed by atoms with Crippen LogP contribution in [-0.4, -0.2) is 26.3 Å². The molecule has 1 fully saturated rings. The molecule has 1 aliphatic carbocycles. The quantitative estimate of drug-likeness (QED) is 0.730. The zero-order valence-electron chi connectivity index (χ0n) is 9.69. The van der Waals surface area contributed by atoms with Crippen LogP contribution in [0, 0.1) is 0 Å². The minimum atomic E-state index is -0.440. The SMILES string of the molecule is COC(=O)C1(c2ccc3c(c2)OCCO3)CC1. The van der Waals surface area contributed by atoms with E-state index in [0.717, 1.165) is 29.9 Å². The van der Waals surface area contributed by atoms with Crippen molar-refractivity contribution in [3.05, 3.63) is 23.8 Å². The molecule has 0 unspecified atom stereocenters. The highest BCUT2D eigenvalue weighted by Crippen LogP contribution is 2.50. The second-order valence-corrected chi connectivity index (χ2v) is 4.43. The van der Waals surface area contributed by atoms with Gasteiger partial charge in [-0.2, -0.15) is 0 Å². The molecule has 4 nitrogen and oxygen atoms in total. The Labute approximate surface area is 99.5 Å². The molecule has 3 rings (SSSR count). The predicted octanol–water partition coefficient (Wildman–Crippen LogP) is 1.66. The highest BCUT2D eigenvalue weighted by atomic mass is 16.6. The fraction of sp³-hybridized carbons (Fsp3) is 0.462. The van der Waals surface area contributed by atoms with E-state index in [-0.39, 0.29) is 5.97 Å². The Morgan fingerprint density at radius 1 is 1.24 bits per heavy atom. The molecule has 1 aromatic rings. The van der Waals surface area contributed by atoms with Gasteiger partial charge >= 0.3 is 5.97 Å². The number of benzene rings is 1. The van der Waals surface area contributed by atoms with E-state index >= 15 is 0 Å². The molecule has 1 aliphatic heterocycles. The van der Waals surface area contributed by atoms with E-state index in [0.29, 0.717) is 13.2 Å². The van der Waals surface area contributed by atoms with Gasteiger partial charge in [-0.1, -0.05) is 6.07 Å². The molecule has 0 aromatic heterocycles. The van der Waals surface area contributed by atoms with Gasteiger partial charge in [-0.3, -0.25) is 4.79 Å². The van der Waals surface area contributed by atoms with Gasteiger partial charge in [-0.25, -0.2) is 0 Å². The van der Waals surface area contributed by atoms with Crippen LogP contribution >= 0.6 is 0 Å². The summed E-state index contributed by atoms with van der Waals surface area (Å²) in [5, 5.41) is 0. The van der Waals surface area contributed by atoms with Crippen molar-refractivity contribution in [3.8, 4) is 11.5 Å². The largest absolute Gasteiger partial charge is 0.486 e. The van der Waals surface area contributed by atoms with Gasteiger partial charge in [0.05, 0.1) is 12.5 Å². The van der Waals surface area contributed by atoms with Crippen molar-refractivity contribution in [1.82, 2.24) is 0 Å². The first kappa shape index (κ1) is 10.4. The van der Waals surface area contributed by atoms with Gasteiger partial charge < -0.3 is 14.2 Å². The van der Waals surface area contributed by atoms with Crippen LogP contribution in [0.2, 0.25) is 0 Å². The van der Waals surface area contributed by atoms with Gasteiger partial charge in [-0.15, -0.1) is 0 Å². The average molecular weight is 234 g/mol. The molecule has 2 aliphatic rings. The Hall–Kier alpha value is -1.71. The van der Waals surface area contributed by atoms with E-state index in [1.165, 1.54) is 7.11 Å². The number of carbonyl (C=O) groups is 1. The average Bonchev–Trinajstić information content (AvgIpc) is 3.19. The number of carbonyl (C=O) groups excluding carboxylic acids is 1. The first-order chi connectivity index (χ1) is 8.26. The van der Waals surface area contributed by atoms with Crippen molar-refractivity contribution in [2.24, 2.45) is 0 Å². The third-order valence-corrected chi connectivity index (χ3v) is 3.42. The number of esters is 1. The molecular formula is C13H14O4. The summed E-state index contributed by atoms with van der Waals surface area (Å²) in [6, 6.07) is 5.70. The van der Waals surface area contributed by atoms with Crippen molar-refractivity contribution in [3.63, 3.8) is 0 Å². The molecule has 1 heterocycles. The zero-order valence-corrected chi connectivity index (χ0v) is 9.69. The number of rotatable bonds is 2. The van der Waals surface area contributed by atoms with Crippen LogP contribution in [0.15, 0.2) is 18.2 Å². The number of ether oxygens (including phenoxy) is 3. The zero-order chi connectivity index (χ0) is 11.9. The first-order valence-corrected chi connectivity index (χ1v) is 5.75. The number of fused-ring (bicyclic) bond motifs is 1. The molecular weight excluding hydrogens is 220 g/mol. The van der Waals surface area contributed by atoms with Gasteiger partial charge in [0.25, 0.3) is 0 Å². The van der Waals surface area contributed by atoms with E-state index in [9.17, 15) is 4.79 Å². The van der Waals surface area contributed by atoms with Crippen molar-refractivity contribution in [1.29, 1.82) is 0 Å². The normalized spacial score (nSPS) is 19.6. The standard InChI is InChI=1S/C13H14O4/c1-15-12(14)13(4-5-13)9-2-3-10-11(8-9)17-7-6-16-10/h2-3,8H,4-7H2,1H3. The lowest BCUT2D eigenvalue weighted by molar-refractivity contribution is -0.143. The maximum Gasteiger partial charge on any atom is 0.316 e. The Bertz CT molecular complexity index is 462. The van der Waals surface area contributed by atoms with Crippen molar-refractivity contribution >= 4 is 5.97 Å². The smallest absolute Gasteiger partial charge is 0.316 e. The van der Waals surface area contributed by atoms with Crippen molar-refractivity contribution < 1.29 is 19.0 Å². The molecule has 17 heavy (non-hydrogen) atoms. The molecule has 0 radical (unpaired) electrons. The predicted molar refractivity (Wildman–Crippen MR) is 60.4 cm³/mol. The van der Waals surface area contributed by atoms with Crippen LogP contribution in [0.3, 0.4) is 0 Å². The van der Waals surface area contributed by atoms with E-state index in [2.05, 4.69) is 0 Å². The fourth-order valence-corrected chi connectivity index (χ4v) is 2.27. The van der Waals surface area contributed by atoms with Crippen LogP contribution in [0.4, 0.5) is 0 Å². The van der Waals surface area contributed by atoms with Crippen LogP contribution in [0.25, 0.3) is 0 Å². The number of methoxy groups -OCH3 is 1. The molecule has 4 heteroatoms. The van der Waals surface area contributed by atoms with E-state index in [4.69, 9.17) is 14.2 Å². The Morgan fingerprint density at radius 2 is 1.94 bits per heavy atom. The summed E-state index contributed by atoms with van der Waals surface area (Å²) in [5.74, 6) is 1.32. The number of hydrogen-bond donors (Lipinski definition) is 0. The van der Waals surface area contributed by atoms with Gasteiger partial charge in [0.2, 0.25) is 0 Å². The lowest BCUT2D eigenvalue weighted by Gasteiger charge is -2.20. The van der Waals surface area contributed by atoms with E-state index in [1.54, 1.807) is 0 Å². The van der Waals surface area contributed by atoms with E-state index in [1.807, 2.05) is 18.2 Å². The molecule has 0 N–H and O–H groups in total. The summed E-state index contributed by atoms with van der Waals surface area (Å²) in [7, 11) is 1.43. The van der Waals surface area contributed by atoms with Crippen LogP contribution in [0.5, 0.6) is 11.5 Å². The number of hydrogen-bond acceptors (Lipinski definition) is 4. The summed E-state index contributed by atoms with van der Waals surface area (Å²) >= 11 is 0. The van der Waals surface area contributed by atoms with Gasteiger partial charge in [0, 0.05) is 0 Å². The molecule has 0 amide bonds. The Morgan fingerprint density at radius 3 is 2.59 bits per heavy atom. The van der Waals surface area contributed by atoms with E-state index < -0.39 is 5.41 Å². The van der Waals surface area contributed by atoms with Gasteiger partial charge in [0.1, 0.15) is 13.2 Å². The third-order valence-electron chi connectivity index (χ3n) is 3.42.